The van der Waals surface area contributed by atoms with Gasteiger partial charge in [0.25, 0.3) is 0 Å². The minimum Gasteiger partial charge on any atom is -0.388 e. The molecule has 0 aromatic rings. The lowest BCUT2D eigenvalue weighted by molar-refractivity contribution is 0.578. The van der Waals surface area contributed by atoms with Crippen LogP contribution in [0.1, 0.15) is 71.6 Å². The molecule has 0 aliphatic carbocycles. The average Bonchev–Trinajstić information content (AvgIpc) is 2.15. The Kier molecular flexibility index (Phi) is 6.54. The highest BCUT2D eigenvalue weighted by molar-refractivity contribution is 5.18. The number of unbranched alkanes of at least 4 members (excludes halogenated alkanes) is 4. The maximum atomic E-state index is 3.48. The second-order valence-corrected chi connectivity index (χ2v) is 4.67. The van der Waals surface area contributed by atoms with Crippen molar-refractivity contribution < 1.29 is 0 Å². The second-order valence-electron chi connectivity index (χ2n) is 4.67. The van der Waals surface area contributed by atoms with Crippen LogP contribution in [0, 0.1) is 0 Å². The molecule has 0 unspecified atom stereocenters. The number of hydrogen-bond acceptors (Lipinski definition) is 1. The van der Waals surface area contributed by atoms with Gasteiger partial charge in [-0.25, -0.2) is 0 Å². The van der Waals surface area contributed by atoms with E-state index < -0.39 is 0 Å². The first-order valence-electron chi connectivity index (χ1n) is 6.83. The Bertz CT molecular complexity index is 176. The van der Waals surface area contributed by atoms with Gasteiger partial charge in [0.05, 0.1) is 0 Å². The summed E-state index contributed by atoms with van der Waals surface area (Å²) >= 11 is 0. The van der Waals surface area contributed by atoms with Crippen LogP contribution >= 0.6 is 0 Å². The Balaban J connectivity index is 2.26. The Morgan fingerprint density at radius 2 is 1.53 bits per heavy atom. The molecule has 1 rings (SSSR count). The minimum absolute atomic E-state index is 1.21. The van der Waals surface area contributed by atoms with E-state index in [1.807, 2.05) is 0 Å². The van der Waals surface area contributed by atoms with Crippen molar-refractivity contribution in [2.75, 3.05) is 6.54 Å². The molecule has 0 amide bonds. The summed E-state index contributed by atoms with van der Waals surface area (Å²) in [5, 5.41) is 3.48. The average molecular weight is 209 g/mol. The van der Waals surface area contributed by atoms with Crippen molar-refractivity contribution in [1.29, 1.82) is 0 Å². The van der Waals surface area contributed by atoms with Crippen LogP contribution in [-0.2, 0) is 0 Å². The fraction of sp³-hybridized carbons (Fsp3) is 0.857. The lowest BCUT2D eigenvalue weighted by Gasteiger charge is -2.25. The first kappa shape index (κ1) is 12.6. The van der Waals surface area contributed by atoms with Gasteiger partial charge in [-0.3, -0.25) is 0 Å². The summed E-state index contributed by atoms with van der Waals surface area (Å²) in [5.74, 6) is 0. The van der Waals surface area contributed by atoms with Crippen molar-refractivity contribution in [2.24, 2.45) is 0 Å². The maximum absolute atomic E-state index is 3.48. The lowest BCUT2D eigenvalue weighted by Crippen LogP contribution is -2.29. The van der Waals surface area contributed by atoms with Crippen LogP contribution in [0.15, 0.2) is 11.3 Å². The molecule has 0 bridgehead atoms. The first-order valence-corrected chi connectivity index (χ1v) is 6.83. The van der Waals surface area contributed by atoms with Gasteiger partial charge in [0.1, 0.15) is 0 Å². The van der Waals surface area contributed by atoms with Crippen molar-refractivity contribution in [1.82, 2.24) is 5.32 Å². The predicted octanol–water partition coefficient (Wildman–Crippen LogP) is 4.39. The van der Waals surface area contributed by atoms with Crippen LogP contribution in [-0.4, -0.2) is 6.54 Å². The molecule has 1 nitrogen and oxygen atoms in total. The van der Waals surface area contributed by atoms with E-state index in [1.165, 1.54) is 64.3 Å². The van der Waals surface area contributed by atoms with Crippen LogP contribution in [0.4, 0.5) is 0 Å². The van der Waals surface area contributed by atoms with Gasteiger partial charge in [-0.15, -0.1) is 0 Å². The number of rotatable bonds is 8. The van der Waals surface area contributed by atoms with E-state index in [1.54, 1.807) is 11.3 Å². The molecule has 0 spiro atoms. The van der Waals surface area contributed by atoms with E-state index >= 15 is 0 Å². The molecule has 1 aliphatic rings. The SMILES string of the molecule is CCCCCC(CCCCC)=C1CCN1. The molecule has 0 aromatic carbocycles. The van der Waals surface area contributed by atoms with Gasteiger partial charge in [0.15, 0.2) is 0 Å². The van der Waals surface area contributed by atoms with Crippen molar-refractivity contribution in [3.63, 3.8) is 0 Å². The molecular formula is C14H27N. The molecular weight excluding hydrogens is 182 g/mol. The zero-order valence-corrected chi connectivity index (χ0v) is 10.6. The zero-order valence-electron chi connectivity index (χ0n) is 10.6. The highest BCUT2D eigenvalue weighted by Gasteiger charge is 2.12. The Morgan fingerprint density at radius 3 is 1.87 bits per heavy atom. The molecule has 1 heterocycles. The molecule has 1 heteroatoms. The fourth-order valence-electron chi connectivity index (χ4n) is 2.16. The molecule has 0 aromatic heterocycles. The van der Waals surface area contributed by atoms with E-state index in [0.29, 0.717) is 0 Å². The summed E-state index contributed by atoms with van der Waals surface area (Å²) in [4.78, 5) is 0. The molecule has 1 N–H and O–H groups in total. The Hall–Kier alpha value is -0.460. The van der Waals surface area contributed by atoms with Gasteiger partial charge < -0.3 is 5.32 Å². The van der Waals surface area contributed by atoms with Crippen LogP contribution < -0.4 is 5.32 Å². The van der Waals surface area contributed by atoms with Gasteiger partial charge in [-0.05, 0) is 25.7 Å². The van der Waals surface area contributed by atoms with Crippen molar-refractivity contribution in [3.05, 3.63) is 11.3 Å². The third-order valence-corrected chi connectivity index (χ3v) is 3.30. The second kappa shape index (κ2) is 7.78. The molecule has 0 atom stereocenters. The summed E-state index contributed by atoms with van der Waals surface area (Å²) in [6, 6.07) is 0. The van der Waals surface area contributed by atoms with E-state index in [2.05, 4.69) is 19.2 Å². The molecule has 1 fully saturated rings. The van der Waals surface area contributed by atoms with Crippen molar-refractivity contribution >= 4 is 0 Å². The third-order valence-electron chi connectivity index (χ3n) is 3.30. The highest BCUT2D eigenvalue weighted by atomic mass is 14.9. The highest BCUT2D eigenvalue weighted by Crippen LogP contribution is 2.23. The summed E-state index contributed by atoms with van der Waals surface area (Å²) < 4.78 is 0. The van der Waals surface area contributed by atoms with Crippen molar-refractivity contribution in [2.45, 2.75) is 71.6 Å². The van der Waals surface area contributed by atoms with Crippen LogP contribution in [0.25, 0.3) is 0 Å². The quantitative estimate of drug-likeness (QED) is 0.584. The van der Waals surface area contributed by atoms with Crippen LogP contribution in [0.5, 0.6) is 0 Å². The van der Waals surface area contributed by atoms with Crippen LogP contribution in [0.3, 0.4) is 0 Å². The molecule has 1 saturated heterocycles. The lowest BCUT2D eigenvalue weighted by atomic mass is 9.95. The topological polar surface area (TPSA) is 12.0 Å². The summed E-state index contributed by atoms with van der Waals surface area (Å²) in [6.07, 6.45) is 12.3. The monoisotopic (exact) mass is 209 g/mol. The normalized spacial score (nSPS) is 14.7. The van der Waals surface area contributed by atoms with E-state index in [-0.39, 0.29) is 0 Å². The van der Waals surface area contributed by atoms with Crippen molar-refractivity contribution in [3.8, 4) is 0 Å². The van der Waals surface area contributed by atoms with Crippen LogP contribution in [0.2, 0.25) is 0 Å². The molecule has 15 heavy (non-hydrogen) atoms. The standard InChI is InChI=1S/C14H27N/c1-3-5-7-9-13(10-8-6-4-2)14-11-12-15-14/h15H,3-12H2,1-2H3. The third kappa shape index (κ3) is 4.72. The van der Waals surface area contributed by atoms with Gasteiger partial charge in [0, 0.05) is 18.7 Å². The van der Waals surface area contributed by atoms with E-state index in [9.17, 15) is 0 Å². The van der Waals surface area contributed by atoms with E-state index in [4.69, 9.17) is 0 Å². The maximum Gasteiger partial charge on any atom is 0.0198 e. The molecule has 0 radical (unpaired) electrons. The summed E-state index contributed by atoms with van der Waals surface area (Å²) in [5.41, 5.74) is 3.32. The van der Waals surface area contributed by atoms with Gasteiger partial charge >= 0.3 is 0 Å². The van der Waals surface area contributed by atoms with Gasteiger partial charge in [0.2, 0.25) is 0 Å². The summed E-state index contributed by atoms with van der Waals surface area (Å²) in [6.45, 7) is 5.78. The smallest absolute Gasteiger partial charge is 0.0198 e. The molecule has 0 saturated carbocycles. The van der Waals surface area contributed by atoms with E-state index in [0.717, 1.165) is 0 Å². The Labute approximate surface area is 95.3 Å². The minimum atomic E-state index is 1.21. The fourth-order valence-corrected chi connectivity index (χ4v) is 2.16. The number of allylic oxidation sites excluding steroid dienone is 1. The number of nitrogens with one attached hydrogen (secondary N) is 1. The predicted molar refractivity (Wildman–Crippen MR) is 67.9 cm³/mol. The first-order chi connectivity index (χ1) is 7.38. The Morgan fingerprint density at radius 1 is 1.00 bits per heavy atom. The molecule has 88 valence electrons. The van der Waals surface area contributed by atoms with Gasteiger partial charge in [-0.2, -0.15) is 0 Å². The largest absolute Gasteiger partial charge is 0.388 e. The summed E-state index contributed by atoms with van der Waals surface area (Å²) in [7, 11) is 0. The zero-order chi connectivity index (χ0) is 10.9. The number of hydrogen-bond donors (Lipinski definition) is 1. The van der Waals surface area contributed by atoms with Gasteiger partial charge in [-0.1, -0.05) is 45.1 Å². The molecule has 1 aliphatic heterocycles.